The van der Waals surface area contributed by atoms with E-state index in [2.05, 4.69) is 38.4 Å². The van der Waals surface area contributed by atoms with Gasteiger partial charge in [-0.3, -0.25) is 4.68 Å². The number of rotatable bonds is 4. The van der Waals surface area contributed by atoms with E-state index in [1.54, 1.807) is 10.8 Å². The average molecular weight is 285 g/mol. The summed E-state index contributed by atoms with van der Waals surface area (Å²) in [4.78, 5) is 2.16. The molecule has 0 N–H and O–H groups in total. The van der Waals surface area contributed by atoms with E-state index in [9.17, 15) is 0 Å². The topological polar surface area (TPSA) is 64.1 Å². The zero-order chi connectivity index (χ0) is 15.0. The molecular weight excluding hydrogens is 266 g/mol. The molecule has 3 rings (SSSR count). The van der Waals surface area contributed by atoms with Crippen molar-refractivity contribution in [2.45, 2.75) is 33.9 Å². The summed E-state index contributed by atoms with van der Waals surface area (Å²) in [5.74, 6) is 0. The lowest BCUT2D eigenvalue weighted by molar-refractivity contribution is 0.653. The third-order valence-electron chi connectivity index (χ3n) is 3.56. The molecule has 7 heteroatoms. The molecule has 3 aromatic heterocycles. The summed E-state index contributed by atoms with van der Waals surface area (Å²) in [6.07, 6.45) is 3.72. The van der Waals surface area contributed by atoms with Gasteiger partial charge < -0.3 is 4.90 Å². The Morgan fingerprint density at radius 3 is 2.76 bits per heavy atom. The van der Waals surface area contributed by atoms with Crippen LogP contribution in [-0.2, 0) is 13.1 Å². The summed E-state index contributed by atoms with van der Waals surface area (Å²) in [6, 6.07) is 2.03. The lowest BCUT2D eigenvalue weighted by atomic mass is 10.2. The van der Waals surface area contributed by atoms with Crippen LogP contribution in [0.4, 0.5) is 5.69 Å². The Balaban J connectivity index is 1.94. The van der Waals surface area contributed by atoms with Crippen molar-refractivity contribution < 1.29 is 0 Å². The monoisotopic (exact) mass is 285 g/mol. The molecule has 0 amide bonds. The maximum Gasteiger partial charge on any atom is 0.200 e. The van der Waals surface area contributed by atoms with E-state index in [1.165, 1.54) is 5.56 Å². The van der Waals surface area contributed by atoms with E-state index in [0.717, 1.165) is 35.8 Å². The van der Waals surface area contributed by atoms with Gasteiger partial charge in [0.05, 0.1) is 17.1 Å². The largest absolute Gasteiger partial charge is 0.367 e. The molecule has 0 aliphatic rings. The molecule has 0 unspecified atom stereocenters. The molecule has 3 heterocycles. The van der Waals surface area contributed by atoms with E-state index in [0.29, 0.717) is 0 Å². The number of aryl methyl sites for hydroxylation is 3. The molecule has 0 atom stereocenters. The normalized spacial score (nSPS) is 11.2. The number of hydrogen-bond acceptors (Lipinski definition) is 5. The Morgan fingerprint density at radius 1 is 1.24 bits per heavy atom. The van der Waals surface area contributed by atoms with Crippen molar-refractivity contribution in [3.05, 3.63) is 35.5 Å². The minimum atomic E-state index is 0.767. The van der Waals surface area contributed by atoms with E-state index in [-0.39, 0.29) is 0 Å². The Kier molecular flexibility index (Phi) is 3.32. The smallest absolute Gasteiger partial charge is 0.200 e. The van der Waals surface area contributed by atoms with Gasteiger partial charge in [0.25, 0.3) is 0 Å². The third-order valence-corrected chi connectivity index (χ3v) is 3.56. The quantitative estimate of drug-likeness (QED) is 0.728. The van der Waals surface area contributed by atoms with Crippen molar-refractivity contribution in [1.82, 2.24) is 29.6 Å². The predicted molar refractivity (Wildman–Crippen MR) is 80.3 cm³/mol. The van der Waals surface area contributed by atoms with Gasteiger partial charge in [0.1, 0.15) is 6.33 Å². The van der Waals surface area contributed by atoms with Crippen LogP contribution >= 0.6 is 0 Å². The summed E-state index contributed by atoms with van der Waals surface area (Å²) in [6.45, 7) is 7.76. The molecule has 0 spiro atoms. The average Bonchev–Trinajstić information content (AvgIpc) is 3.04. The number of hydrogen-bond donors (Lipinski definition) is 0. The van der Waals surface area contributed by atoms with E-state index < -0.39 is 0 Å². The van der Waals surface area contributed by atoms with Gasteiger partial charge in [-0.25, -0.2) is 0 Å². The van der Waals surface area contributed by atoms with Gasteiger partial charge in [0.15, 0.2) is 0 Å². The van der Waals surface area contributed by atoms with Gasteiger partial charge in [-0.1, -0.05) is 0 Å². The molecule has 0 radical (unpaired) electrons. The lowest BCUT2D eigenvalue weighted by Gasteiger charge is -2.19. The van der Waals surface area contributed by atoms with Crippen LogP contribution in [0.5, 0.6) is 0 Å². The Labute approximate surface area is 123 Å². The van der Waals surface area contributed by atoms with Crippen molar-refractivity contribution in [3.63, 3.8) is 0 Å². The van der Waals surface area contributed by atoms with Crippen LogP contribution in [0, 0.1) is 13.8 Å². The first kappa shape index (κ1) is 13.5. The molecule has 3 aromatic rings. The van der Waals surface area contributed by atoms with Crippen LogP contribution in [0.25, 0.3) is 5.65 Å². The summed E-state index contributed by atoms with van der Waals surface area (Å²) in [7, 11) is 2.05. The standard InChI is InChI=1S/C14H19N7/c1-5-20-8-12(11(3)18-20)7-19(4)13-6-10(2)17-21-9-15-16-14(13)21/h6,8-9H,5,7H2,1-4H3. The predicted octanol–water partition coefficient (Wildman–Crippen LogP) is 1.59. The number of nitrogens with zero attached hydrogens (tertiary/aromatic N) is 7. The van der Waals surface area contributed by atoms with Crippen molar-refractivity contribution in [2.75, 3.05) is 11.9 Å². The highest BCUT2D eigenvalue weighted by Gasteiger charge is 2.13. The SMILES string of the molecule is CCn1cc(CN(C)c2cc(C)nn3cnnc23)c(C)n1. The number of fused-ring (bicyclic) bond motifs is 1. The van der Waals surface area contributed by atoms with E-state index >= 15 is 0 Å². The van der Waals surface area contributed by atoms with Gasteiger partial charge >= 0.3 is 0 Å². The van der Waals surface area contributed by atoms with Gasteiger partial charge in [0, 0.05) is 31.9 Å². The minimum absolute atomic E-state index is 0.767. The molecule has 110 valence electrons. The number of anilines is 1. The van der Waals surface area contributed by atoms with Crippen LogP contribution in [0.1, 0.15) is 23.9 Å². The molecule has 0 aromatic carbocycles. The molecule has 0 saturated heterocycles. The van der Waals surface area contributed by atoms with Crippen molar-refractivity contribution in [2.24, 2.45) is 0 Å². The third kappa shape index (κ3) is 2.46. The first-order chi connectivity index (χ1) is 10.1. The highest BCUT2D eigenvalue weighted by atomic mass is 15.4. The second-order valence-corrected chi connectivity index (χ2v) is 5.22. The molecule has 0 fully saturated rings. The lowest BCUT2D eigenvalue weighted by Crippen LogP contribution is -2.18. The van der Waals surface area contributed by atoms with E-state index in [1.807, 2.05) is 31.6 Å². The second-order valence-electron chi connectivity index (χ2n) is 5.22. The van der Waals surface area contributed by atoms with Gasteiger partial charge in [-0.15, -0.1) is 10.2 Å². The maximum absolute atomic E-state index is 4.49. The fourth-order valence-corrected chi connectivity index (χ4v) is 2.43. The summed E-state index contributed by atoms with van der Waals surface area (Å²) >= 11 is 0. The summed E-state index contributed by atoms with van der Waals surface area (Å²) in [5, 5.41) is 16.9. The minimum Gasteiger partial charge on any atom is -0.367 e. The highest BCUT2D eigenvalue weighted by molar-refractivity contribution is 5.67. The van der Waals surface area contributed by atoms with E-state index in [4.69, 9.17) is 0 Å². The second kappa shape index (κ2) is 5.16. The van der Waals surface area contributed by atoms with Crippen LogP contribution < -0.4 is 4.90 Å². The van der Waals surface area contributed by atoms with Gasteiger partial charge in [-0.05, 0) is 26.8 Å². The fourth-order valence-electron chi connectivity index (χ4n) is 2.43. The Morgan fingerprint density at radius 2 is 2.05 bits per heavy atom. The zero-order valence-corrected chi connectivity index (χ0v) is 12.8. The Bertz CT molecular complexity index is 771. The molecule has 0 bridgehead atoms. The number of aromatic nitrogens is 6. The Hall–Kier alpha value is -2.44. The van der Waals surface area contributed by atoms with Crippen LogP contribution in [0.2, 0.25) is 0 Å². The summed E-state index contributed by atoms with van der Waals surface area (Å²) < 4.78 is 3.67. The molecule has 0 saturated carbocycles. The van der Waals surface area contributed by atoms with Crippen LogP contribution in [0.15, 0.2) is 18.6 Å². The van der Waals surface area contributed by atoms with Crippen LogP contribution in [0.3, 0.4) is 0 Å². The molecule has 21 heavy (non-hydrogen) atoms. The van der Waals surface area contributed by atoms with Crippen molar-refractivity contribution in [1.29, 1.82) is 0 Å². The molecule has 0 aliphatic carbocycles. The zero-order valence-electron chi connectivity index (χ0n) is 12.8. The molecule has 7 nitrogen and oxygen atoms in total. The maximum atomic E-state index is 4.49. The summed E-state index contributed by atoms with van der Waals surface area (Å²) in [5.41, 5.74) is 5.00. The van der Waals surface area contributed by atoms with Crippen molar-refractivity contribution >= 4 is 11.3 Å². The van der Waals surface area contributed by atoms with Crippen molar-refractivity contribution in [3.8, 4) is 0 Å². The van der Waals surface area contributed by atoms with Gasteiger partial charge in [-0.2, -0.15) is 14.7 Å². The fraction of sp³-hybridized carbons (Fsp3) is 0.429. The molecular formula is C14H19N7. The molecule has 0 aliphatic heterocycles. The first-order valence-electron chi connectivity index (χ1n) is 7.00. The first-order valence-corrected chi connectivity index (χ1v) is 7.00. The highest BCUT2D eigenvalue weighted by Crippen LogP contribution is 2.21. The van der Waals surface area contributed by atoms with Gasteiger partial charge in [0.2, 0.25) is 5.65 Å². The van der Waals surface area contributed by atoms with Crippen LogP contribution in [-0.4, -0.2) is 36.6 Å².